The highest BCUT2D eigenvalue weighted by Crippen LogP contribution is 2.36. The van der Waals surface area contributed by atoms with Crippen molar-refractivity contribution in [2.24, 2.45) is 17.8 Å². The molecule has 1 saturated heterocycles. The van der Waals surface area contributed by atoms with Crippen LogP contribution in [0.15, 0.2) is 23.2 Å². The van der Waals surface area contributed by atoms with Crippen LogP contribution in [-0.4, -0.2) is 26.4 Å². The second kappa shape index (κ2) is 13.2. The number of rotatable bonds is 7. The lowest BCUT2D eigenvalue weighted by Crippen LogP contribution is -2.34. The predicted octanol–water partition coefficient (Wildman–Crippen LogP) is 7.09. The highest BCUT2D eigenvalue weighted by molar-refractivity contribution is 5.23. The fraction of sp³-hybridized carbons (Fsp3) is 0.826. The molecule has 1 saturated carbocycles. The summed E-state index contributed by atoms with van der Waals surface area (Å²) in [6.07, 6.45) is 8.48. The second-order valence-electron chi connectivity index (χ2n) is 7.76. The summed E-state index contributed by atoms with van der Waals surface area (Å²) in [5.41, 5.74) is 0. The first-order chi connectivity index (χ1) is 13.5. The van der Waals surface area contributed by atoms with Gasteiger partial charge in [-0.2, -0.15) is 8.78 Å². The second-order valence-corrected chi connectivity index (χ2v) is 7.76. The summed E-state index contributed by atoms with van der Waals surface area (Å²) in [6.45, 7) is 10.4. The minimum atomic E-state index is -0.992. The molecule has 2 unspecified atom stereocenters. The first-order valence-corrected chi connectivity index (χ1v) is 11.0. The number of allylic oxidation sites excluding steroid dienone is 4. The molecule has 2 aliphatic rings. The van der Waals surface area contributed by atoms with Crippen LogP contribution in [-0.2, 0) is 14.2 Å². The zero-order valence-corrected chi connectivity index (χ0v) is 18.7. The summed E-state index contributed by atoms with van der Waals surface area (Å²) in [5.74, 6) is -0.283. The van der Waals surface area contributed by atoms with Gasteiger partial charge in [0.2, 0.25) is 0 Å². The summed E-state index contributed by atoms with van der Waals surface area (Å²) in [5, 5.41) is 0. The average molecular weight is 403 g/mol. The highest BCUT2D eigenvalue weighted by atomic mass is 19.2. The molecular formula is C23H40F2O3. The van der Waals surface area contributed by atoms with Crippen molar-refractivity contribution in [1.82, 2.24) is 0 Å². The van der Waals surface area contributed by atoms with Crippen molar-refractivity contribution in [3.63, 3.8) is 0 Å². The molecule has 28 heavy (non-hydrogen) atoms. The lowest BCUT2D eigenvalue weighted by atomic mass is 9.77. The van der Waals surface area contributed by atoms with Gasteiger partial charge in [0.15, 0.2) is 11.7 Å². The van der Waals surface area contributed by atoms with E-state index in [1.807, 2.05) is 13.8 Å². The molecule has 0 bridgehead atoms. The highest BCUT2D eigenvalue weighted by Gasteiger charge is 2.31. The molecule has 3 nitrogen and oxygen atoms in total. The Bertz CT molecular complexity index is 500. The van der Waals surface area contributed by atoms with Gasteiger partial charge in [-0.25, -0.2) is 0 Å². The molecule has 0 amide bonds. The SMILES string of the molecule is CC.CCC1CCC(C2CCC(CO/C(C)=C(F)/C(F)=C(\C)OC)CC2)OC1. The van der Waals surface area contributed by atoms with Gasteiger partial charge in [0.05, 0.1) is 19.8 Å². The Balaban J connectivity index is 0.00000190. The van der Waals surface area contributed by atoms with Gasteiger partial charge in [-0.15, -0.1) is 0 Å². The van der Waals surface area contributed by atoms with E-state index in [0.717, 1.165) is 38.2 Å². The van der Waals surface area contributed by atoms with Crippen LogP contribution in [0, 0.1) is 17.8 Å². The summed E-state index contributed by atoms with van der Waals surface area (Å²) < 4.78 is 44.1. The molecule has 2 fully saturated rings. The van der Waals surface area contributed by atoms with E-state index in [9.17, 15) is 8.78 Å². The topological polar surface area (TPSA) is 27.7 Å². The van der Waals surface area contributed by atoms with Crippen LogP contribution in [0.2, 0.25) is 0 Å². The Hall–Kier alpha value is -1.10. The molecule has 0 radical (unpaired) electrons. The fourth-order valence-electron chi connectivity index (χ4n) is 3.95. The first kappa shape index (κ1) is 24.9. The van der Waals surface area contributed by atoms with E-state index in [-0.39, 0.29) is 11.5 Å². The fourth-order valence-corrected chi connectivity index (χ4v) is 3.95. The molecule has 0 N–H and O–H groups in total. The Kier molecular flexibility index (Phi) is 11.7. The van der Waals surface area contributed by atoms with Gasteiger partial charge in [-0.3, -0.25) is 0 Å². The van der Waals surface area contributed by atoms with Gasteiger partial charge in [-0.1, -0.05) is 27.2 Å². The summed E-state index contributed by atoms with van der Waals surface area (Å²) in [7, 11) is 1.31. The number of ether oxygens (including phenoxy) is 3. The van der Waals surface area contributed by atoms with Crippen LogP contribution < -0.4 is 0 Å². The van der Waals surface area contributed by atoms with E-state index < -0.39 is 11.7 Å². The molecule has 0 aromatic rings. The Morgan fingerprint density at radius 2 is 1.46 bits per heavy atom. The third kappa shape index (κ3) is 7.38. The molecule has 164 valence electrons. The first-order valence-electron chi connectivity index (χ1n) is 11.0. The maximum absolute atomic E-state index is 14.0. The van der Waals surface area contributed by atoms with Crippen molar-refractivity contribution >= 4 is 0 Å². The lowest BCUT2D eigenvalue weighted by molar-refractivity contribution is -0.0603. The molecule has 1 aliphatic carbocycles. The number of halogens is 2. The zero-order chi connectivity index (χ0) is 21.1. The molecular weight excluding hydrogens is 362 g/mol. The van der Waals surface area contributed by atoms with Gasteiger partial charge in [0.1, 0.15) is 11.5 Å². The summed E-state index contributed by atoms with van der Waals surface area (Å²) in [6, 6.07) is 0. The maximum atomic E-state index is 14.0. The van der Waals surface area contributed by atoms with Crippen LogP contribution in [0.5, 0.6) is 0 Å². The quantitative estimate of drug-likeness (QED) is 0.336. The summed E-state index contributed by atoms with van der Waals surface area (Å²) in [4.78, 5) is 0. The van der Waals surface area contributed by atoms with E-state index in [1.54, 1.807) is 0 Å². The van der Waals surface area contributed by atoms with Crippen LogP contribution in [0.25, 0.3) is 0 Å². The van der Waals surface area contributed by atoms with Gasteiger partial charge in [0, 0.05) is 6.61 Å². The normalized spacial score (nSPS) is 29.7. The maximum Gasteiger partial charge on any atom is 0.199 e. The number of methoxy groups -OCH3 is 1. The minimum absolute atomic E-state index is 0.0118. The molecule has 0 aromatic heterocycles. The molecule has 0 aromatic carbocycles. The van der Waals surface area contributed by atoms with E-state index in [4.69, 9.17) is 14.2 Å². The van der Waals surface area contributed by atoms with Crippen LogP contribution in [0.3, 0.4) is 0 Å². The van der Waals surface area contributed by atoms with Crippen molar-refractivity contribution in [2.75, 3.05) is 20.3 Å². The number of hydrogen-bond acceptors (Lipinski definition) is 3. The molecule has 2 atom stereocenters. The Labute approximate surface area is 170 Å². The van der Waals surface area contributed by atoms with Gasteiger partial charge >= 0.3 is 0 Å². The zero-order valence-electron chi connectivity index (χ0n) is 18.7. The van der Waals surface area contributed by atoms with Crippen molar-refractivity contribution in [3.8, 4) is 0 Å². The molecule has 1 aliphatic heterocycles. The third-order valence-electron chi connectivity index (χ3n) is 6.05. The van der Waals surface area contributed by atoms with Crippen molar-refractivity contribution in [1.29, 1.82) is 0 Å². The Morgan fingerprint density at radius 3 is 1.96 bits per heavy atom. The molecule has 5 heteroatoms. The van der Waals surface area contributed by atoms with Gasteiger partial charge < -0.3 is 14.2 Å². The van der Waals surface area contributed by atoms with Crippen LogP contribution in [0.4, 0.5) is 8.78 Å². The van der Waals surface area contributed by atoms with E-state index >= 15 is 0 Å². The van der Waals surface area contributed by atoms with Crippen molar-refractivity contribution in [3.05, 3.63) is 23.2 Å². The molecule has 0 spiro atoms. The lowest BCUT2D eigenvalue weighted by Gasteiger charge is -2.37. The third-order valence-corrected chi connectivity index (χ3v) is 6.05. The molecule has 2 rings (SSSR count). The summed E-state index contributed by atoms with van der Waals surface area (Å²) >= 11 is 0. The standard InChI is InChI=1S/C21H34F2O3.C2H6/c1-5-16-8-11-19(26-12-16)18-9-6-17(7-10-18)13-25-15(3)21(23)20(22)14(2)24-4;1-2/h16-19H,5-13H2,1-4H3;1-2H3/b20-14-,21-15-;. The van der Waals surface area contributed by atoms with Crippen LogP contribution in [0.1, 0.15) is 79.6 Å². The number of hydrogen-bond donors (Lipinski definition) is 0. The van der Waals surface area contributed by atoms with Crippen LogP contribution >= 0.6 is 0 Å². The van der Waals surface area contributed by atoms with E-state index in [0.29, 0.717) is 24.5 Å². The van der Waals surface area contributed by atoms with Crippen molar-refractivity contribution in [2.45, 2.75) is 85.7 Å². The van der Waals surface area contributed by atoms with E-state index in [2.05, 4.69) is 6.92 Å². The predicted molar refractivity (Wildman–Crippen MR) is 110 cm³/mol. The van der Waals surface area contributed by atoms with Gasteiger partial charge in [-0.05, 0) is 70.1 Å². The smallest absolute Gasteiger partial charge is 0.199 e. The van der Waals surface area contributed by atoms with Crippen molar-refractivity contribution < 1.29 is 23.0 Å². The van der Waals surface area contributed by atoms with E-state index in [1.165, 1.54) is 40.2 Å². The van der Waals surface area contributed by atoms with Gasteiger partial charge in [0.25, 0.3) is 0 Å². The monoisotopic (exact) mass is 402 g/mol. The molecule has 1 heterocycles. The average Bonchev–Trinajstić information content (AvgIpc) is 2.77. The Morgan fingerprint density at radius 1 is 0.893 bits per heavy atom. The largest absolute Gasteiger partial charge is 0.498 e. The minimum Gasteiger partial charge on any atom is -0.498 e.